The summed E-state index contributed by atoms with van der Waals surface area (Å²) in [6.07, 6.45) is 10.1. The zero-order chi connectivity index (χ0) is 29.7. The van der Waals surface area contributed by atoms with Crippen LogP contribution in [0.5, 0.6) is 0 Å². The van der Waals surface area contributed by atoms with Gasteiger partial charge in [-0.2, -0.15) is 0 Å². The van der Waals surface area contributed by atoms with Gasteiger partial charge in [0.05, 0.1) is 12.2 Å². The number of aliphatic imine (C=N–C) groups is 2. The molecule has 0 radical (unpaired) electrons. The Morgan fingerprint density at radius 3 is 1.85 bits per heavy atom. The van der Waals surface area contributed by atoms with E-state index in [1.165, 1.54) is 55.4 Å². The lowest BCUT2D eigenvalue weighted by molar-refractivity contribution is 0.0254. The molecule has 0 saturated carbocycles. The lowest BCUT2D eigenvalue weighted by atomic mass is 9.88. The molecule has 2 heterocycles. The number of alkyl halides is 2. The Hall–Kier alpha value is -2.82. The SMILES string of the molecule is C=C(N1CCC(C2=NCC(CC(CCC)CCC)=N2)CC1)C(C)(F)F.CCCC(c1ccccc1)c1ccccc1. The van der Waals surface area contributed by atoms with Crippen molar-refractivity contribution < 1.29 is 8.78 Å². The fourth-order valence-corrected chi connectivity index (χ4v) is 6.10. The normalized spacial score (nSPS) is 16.0. The highest BCUT2D eigenvalue weighted by Crippen LogP contribution is 2.31. The van der Waals surface area contributed by atoms with Gasteiger partial charge in [-0.25, -0.2) is 13.8 Å². The van der Waals surface area contributed by atoms with E-state index in [4.69, 9.17) is 4.99 Å². The molecule has 41 heavy (non-hydrogen) atoms. The van der Waals surface area contributed by atoms with Gasteiger partial charge in [-0.3, -0.25) is 4.99 Å². The summed E-state index contributed by atoms with van der Waals surface area (Å²) >= 11 is 0. The molecule has 4 rings (SSSR count). The molecular weight excluding hydrogens is 512 g/mol. The first-order valence-electron chi connectivity index (χ1n) is 15.8. The zero-order valence-electron chi connectivity index (χ0n) is 25.8. The predicted octanol–water partition coefficient (Wildman–Crippen LogP) is 9.95. The number of hydrogen-bond acceptors (Lipinski definition) is 3. The molecule has 0 spiro atoms. The van der Waals surface area contributed by atoms with Gasteiger partial charge < -0.3 is 4.90 Å². The van der Waals surface area contributed by atoms with Crippen molar-refractivity contribution in [2.24, 2.45) is 21.8 Å². The van der Waals surface area contributed by atoms with Gasteiger partial charge >= 0.3 is 0 Å². The van der Waals surface area contributed by atoms with E-state index in [1.807, 2.05) is 0 Å². The minimum atomic E-state index is -2.84. The van der Waals surface area contributed by atoms with Gasteiger partial charge in [-0.05, 0) is 42.7 Å². The summed E-state index contributed by atoms with van der Waals surface area (Å²) in [6.45, 7) is 13.2. The van der Waals surface area contributed by atoms with Crippen molar-refractivity contribution >= 4 is 11.5 Å². The van der Waals surface area contributed by atoms with Crippen LogP contribution in [0, 0.1) is 11.8 Å². The summed E-state index contributed by atoms with van der Waals surface area (Å²) < 4.78 is 26.8. The van der Waals surface area contributed by atoms with Crippen molar-refractivity contribution in [2.45, 2.75) is 97.3 Å². The van der Waals surface area contributed by atoms with E-state index in [0.717, 1.165) is 44.5 Å². The van der Waals surface area contributed by atoms with Gasteiger partial charge in [0.15, 0.2) is 0 Å². The lowest BCUT2D eigenvalue weighted by Crippen LogP contribution is -2.39. The Bertz CT molecular complexity index is 1050. The number of amidine groups is 1. The first-order valence-corrected chi connectivity index (χ1v) is 15.8. The van der Waals surface area contributed by atoms with Crippen LogP contribution in [0.1, 0.15) is 103 Å². The van der Waals surface area contributed by atoms with Gasteiger partial charge in [0, 0.05) is 37.6 Å². The second-order valence-electron chi connectivity index (χ2n) is 11.8. The molecule has 3 nitrogen and oxygen atoms in total. The maximum absolute atomic E-state index is 13.4. The number of rotatable bonds is 13. The number of likely N-dealkylation sites (tertiary alicyclic amines) is 1. The van der Waals surface area contributed by atoms with Crippen LogP contribution in [-0.2, 0) is 0 Å². The topological polar surface area (TPSA) is 28.0 Å². The van der Waals surface area contributed by atoms with E-state index in [0.29, 0.717) is 24.9 Å². The van der Waals surface area contributed by atoms with Gasteiger partial charge in [0.2, 0.25) is 0 Å². The molecule has 2 aromatic carbocycles. The average molecular weight is 564 g/mol. The van der Waals surface area contributed by atoms with Crippen molar-refractivity contribution in [1.82, 2.24) is 4.90 Å². The molecule has 0 bridgehead atoms. The monoisotopic (exact) mass is 563 g/mol. The third-order valence-corrected chi connectivity index (χ3v) is 8.34. The van der Waals surface area contributed by atoms with E-state index in [-0.39, 0.29) is 5.70 Å². The highest BCUT2D eigenvalue weighted by Gasteiger charge is 2.34. The standard InChI is InChI=1S/C20H33F2N3.C16H18/c1-5-7-16(8-6-2)13-18-14-23-19(24-18)17-9-11-25(12-10-17)15(3)20(4,21)22;1-2-9-16(14-10-5-3-6-11-14)15-12-7-4-8-13-15/h16-17H,3,5-14H2,1-2,4H3;3-8,10-13,16H,2,9H2,1H3. The summed E-state index contributed by atoms with van der Waals surface area (Å²) in [5.41, 5.74) is 4.01. The third kappa shape index (κ3) is 10.2. The Balaban J connectivity index is 0.000000248. The molecule has 0 amide bonds. The van der Waals surface area contributed by atoms with Crippen molar-refractivity contribution in [2.75, 3.05) is 19.6 Å². The Morgan fingerprint density at radius 2 is 1.39 bits per heavy atom. The maximum Gasteiger partial charge on any atom is 0.284 e. The molecule has 0 aromatic heterocycles. The zero-order valence-corrected chi connectivity index (χ0v) is 25.8. The van der Waals surface area contributed by atoms with Gasteiger partial charge in [-0.1, -0.05) is 120 Å². The Morgan fingerprint density at radius 1 is 0.878 bits per heavy atom. The maximum atomic E-state index is 13.4. The molecule has 5 heteroatoms. The number of benzene rings is 2. The predicted molar refractivity (Wildman–Crippen MR) is 171 cm³/mol. The van der Waals surface area contributed by atoms with Crippen LogP contribution in [0.3, 0.4) is 0 Å². The fraction of sp³-hybridized carbons (Fsp3) is 0.556. The number of hydrogen-bond donors (Lipinski definition) is 0. The molecule has 0 aliphatic carbocycles. The number of allylic oxidation sites excluding steroid dienone is 1. The van der Waals surface area contributed by atoms with Crippen LogP contribution >= 0.6 is 0 Å². The summed E-state index contributed by atoms with van der Waals surface area (Å²) in [4.78, 5) is 11.2. The van der Waals surface area contributed by atoms with E-state index in [9.17, 15) is 8.78 Å². The van der Waals surface area contributed by atoms with E-state index in [1.54, 1.807) is 4.90 Å². The largest absolute Gasteiger partial charge is 0.370 e. The molecular formula is C36H51F2N3. The van der Waals surface area contributed by atoms with Gasteiger partial charge in [0.25, 0.3) is 5.92 Å². The highest BCUT2D eigenvalue weighted by molar-refractivity contribution is 6.05. The van der Waals surface area contributed by atoms with Gasteiger partial charge in [-0.15, -0.1) is 0 Å². The second-order valence-corrected chi connectivity index (χ2v) is 11.8. The summed E-state index contributed by atoms with van der Waals surface area (Å²) in [5.74, 6) is -0.304. The van der Waals surface area contributed by atoms with Crippen molar-refractivity contribution in [1.29, 1.82) is 0 Å². The Kier molecular flexibility index (Phi) is 13.2. The fourth-order valence-electron chi connectivity index (χ4n) is 6.10. The molecule has 1 fully saturated rings. The van der Waals surface area contributed by atoms with Crippen molar-refractivity contribution in [3.8, 4) is 0 Å². The van der Waals surface area contributed by atoms with E-state index < -0.39 is 5.92 Å². The lowest BCUT2D eigenvalue weighted by Gasteiger charge is -2.36. The molecule has 2 aromatic rings. The van der Waals surface area contributed by atoms with Crippen LogP contribution in [0.15, 0.2) is 82.9 Å². The van der Waals surface area contributed by atoms with Crippen molar-refractivity contribution in [3.63, 3.8) is 0 Å². The molecule has 0 unspecified atom stereocenters. The molecule has 1 saturated heterocycles. The first kappa shape index (κ1) is 32.7. The summed E-state index contributed by atoms with van der Waals surface area (Å²) in [6, 6.07) is 21.6. The van der Waals surface area contributed by atoms with Crippen LogP contribution in [0.2, 0.25) is 0 Å². The molecule has 0 N–H and O–H groups in total. The van der Waals surface area contributed by atoms with Crippen molar-refractivity contribution in [3.05, 3.63) is 84.1 Å². The van der Waals surface area contributed by atoms with Crippen LogP contribution in [0.4, 0.5) is 8.78 Å². The summed E-state index contributed by atoms with van der Waals surface area (Å²) in [7, 11) is 0. The number of piperidine rings is 1. The number of halogens is 2. The van der Waals surface area contributed by atoms with E-state index >= 15 is 0 Å². The minimum Gasteiger partial charge on any atom is -0.370 e. The van der Waals surface area contributed by atoms with Crippen LogP contribution in [-0.4, -0.2) is 42.0 Å². The first-order chi connectivity index (χ1) is 19.8. The molecule has 0 atom stereocenters. The Labute approximate surface area is 247 Å². The molecule has 2 aliphatic rings. The van der Waals surface area contributed by atoms with Crippen LogP contribution in [0.25, 0.3) is 0 Å². The minimum absolute atomic E-state index is 0.0644. The third-order valence-electron chi connectivity index (χ3n) is 8.34. The molecule has 2 aliphatic heterocycles. The smallest absolute Gasteiger partial charge is 0.284 e. The molecule has 224 valence electrons. The second kappa shape index (κ2) is 16.6. The summed E-state index contributed by atoms with van der Waals surface area (Å²) in [5, 5.41) is 0. The highest BCUT2D eigenvalue weighted by atomic mass is 19.3. The quantitative estimate of drug-likeness (QED) is 0.238. The van der Waals surface area contributed by atoms with Crippen LogP contribution < -0.4 is 0 Å². The average Bonchev–Trinajstić information content (AvgIpc) is 3.45. The van der Waals surface area contributed by atoms with Gasteiger partial charge in [0.1, 0.15) is 5.84 Å². The van der Waals surface area contributed by atoms with E-state index in [2.05, 4.69) is 93.0 Å². The number of nitrogens with zero attached hydrogens (tertiary/aromatic N) is 3.